The third-order valence-corrected chi connectivity index (χ3v) is 6.88. The molecular weight excluding hydrogens is 402 g/mol. The van der Waals surface area contributed by atoms with E-state index in [4.69, 9.17) is 4.52 Å². The smallest absolute Gasteiger partial charge is 0.239 e. The largest absolute Gasteiger partial charge is 0.360 e. The second-order valence-electron chi connectivity index (χ2n) is 7.98. The van der Waals surface area contributed by atoms with Crippen LogP contribution in [0.3, 0.4) is 0 Å². The molecule has 0 bridgehead atoms. The number of fused-ring (bicyclic) bond motifs is 1. The van der Waals surface area contributed by atoms with Crippen molar-refractivity contribution in [1.82, 2.24) is 19.9 Å². The average Bonchev–Trinajstić information content (AvgIpc) is 3.37. The van der Waals surface area contributed by atoms with Gasteiger partial charge in [-0.3, -0.25) is 19.4 Å². The lowest BCUT2D eigenvalue weighted by molar-refractivity contribution is -0.136. The second kappa shape index (κ2) is 9.28. The van der Waals surface area contributed by atoms with Gasteiger partial charge in [-0.25, -0.2) is 0 Å². The van der Waals surface area contributed by atoms with Crippen molar-refractivity contribution in [3.05, 3.63) is 33.7 Å². The number of amides is 2. The van der Waals surface area contributed by atoms with Gasteiger partial charge in [-0.1, -0.05) is 12.1 Å². The van der Waals surface area contributed by atoms with Gasteiger partial charge in [-0.15, -0.1) is 11.3 Å². The Morgan fingerprint density at radius 1 is 1.20 bits per heavy atom. The highest BCUT2D eigenvalue weighted by Crippen LogP contribution is 2.35. The minimum absolute atomic E-state index is 0.0986. The second-order valence-corrected chi connectivity index (χ2v) is 8.98. The van der Waals surface area contributed by atoms with Gasteiger partial charge < -0.3 is 14.7 Å². The summed E-state index contributed by atoms with van der Waals surface area (Å²) in [5, 5.41) is 8.68. The van der Waals surface area contributed by atoms with Crippen molar-refractivity contribution in [2.24, 2.45) is 0 Å². The first-order valence-corrected chi connectivity index (χ1v) is 11.4. The summed E-state index contributed by atoms with van der Waals surface area (Å²) in [6, 6.07) is 4.08. The van der Waals surface area contributed by atoms with Crippen molar-refractivity contribution in [3.63, 3.8) is 0 Å². The number of nitrogens with zero attached hydrogens (tertiary/aromatic N) is 4. The first-order chi connectivity index (χ1) is 14.5. The van der Waals surface area contributed by atoms with Crippen LogP contribution in [0.2, 0.25) is 0 Å². The zero-order valence-corrected chi connectivity index (χ0v) is 18.4. The molecule has 4 heterocycles. The van der Waals surface area contributed by atoms with Crippen molar-refractivity contribution >= 4 is 29.0 Å². The number of piperazine rings is 1. The Hall–Kier alpha value is -2.23. The number of rotatable bonds is 6. The molecule has 2 amide bonds. The molecule has 30 heavy (non-hydrogen) atoms. The summed E-state index contributed by atoms with van der Waals surface area (Å²) in [5.74, 6) is 1.23. The molecule has 1 saturated heterocycles. The monoisotopic (exact) mass is 431 g/mol. The van der Waals surface area contributed by atoms with Crippen LogP contribution in [-0.2, 0) is 16.0 Å². The summed E-state index contributed by atoms with van der Waals surface area (Å²) >= 11 is 1.80. The molecule has 9 heteroatoms. The van der Waals surface area contributed by atoms with Gasteiger partial charge in [0.25, 0.3) is 0 Å². The summed E-state index contributed by atoms with van der Waals surface area (Å²) in [6.45, 7) is 8.64. The molecule has 8 nitrogen and oxygen atoms in total. The minimum Gasteiger partial charge on any atom is -0.360 e. The van der Waals surface area contributed by atoms with Gasteiger partial charge in [-0.2, -0.15) is 0 Å². The lowest BCUT2D eigenvalue weighted by Gasteiger charge is -2.38. The molecule has 0 radical (unpaired) electrons. The highest BCUT2D eigenvalue weighted by Gasteiger charge is 2.31. The fraction of sp³-hybridized carbons (Fsp3) is 0.571. The third-order valence-electron chi connectivity index (χ3n) is 5.89. The van der Waals surface area contributed by atoms with Crippen molar-refractivity contribution in [3.8, 4) is 0 Å². The molecule has 0 spiro atoms. The first kappa shape index (κ1) is 21.0. The van der Waals surface area contributed by atoms with Crippen LogP contribution < -0.4 is 5.32 Å². The van der Waals surface area contributed by atoms with Gasteiger partial charge >= 0.3 is 0 Å². The molecular formula is C21H29N5O3S. The van der Waals surface area contributed by atoms with E-state index in [0.29, 0.717) is 24.7 Å². The number of carbonyl (C=O) groups is 2. The van der Waals surface area contributed by atoms with Gasteiger partial charge in [0, 0.05) is 43.7 Å². The lowest BCUT2D eigenvalue weighted by atomic mass is 9.97. The van der Waals surface area contributed by atoms with Crippen molar-refractivity contribution < 1.29 is 14.1 Å². The van der Waals surface area contributed by atoms with Crippen LogP contribution >= 0.6 is 11.3 Å². The summed E-state index contributed by atoms with van der Waals surface area (Å²) in [7, 11) is 0. The molecule has 2 aromatic rings. The van der Waals surface area contributed by atoms with Crippen molar-refractivity contribution in [2.75, 3.05) is 51.1 Å². The fourth-order valence-corrected chi connectivity index (χ4v) is 5.26. The highest BCUT2D eigenvalue weighted by molar-refractivity contribution is 7.10. The van der Waals surface area contributed by atoms with Gasteiger partial charge in [0.05, 0.1) is 19.1 Å². The van der Waals surface area contributed by atoms with E-state index in [1.165, 1.54) is 10.4 Å². The molecule has 162 valence electrons. The quantitative estimate of drug-likeness (QED) is 0.755. The number of anilines is 1. The number of aromatic nitrogens is 1. The maximum Gasteiger partial charge on any atom is 0.239 e. The van der Waals surface area contributed by atoms with E-state index in [1.807, 2.05) is 0 Å². The number of thiophene rings is 1. The Labute approximate surface area is 180 Å². The standard InChI is InChI=1S/C21H29N5O3S/c1-3-17-16-5-11-30-18(16)4-6-26(17)21(28)14-25-9-7-24(8-10-25)13-20(27)22-19-12-15(2)29-23-19/h5,11-12,17H,3-4,6-10,13-14H2,1-2H3,(H,22,23,27). The number of hydrogen-bond acceptors (Lipinski definition) is 7. The average molecular weight is 432 g/mol. The summed E-state index contributed by atoms with van der Waals surface area (Å²) < 4.78 is 4.97. The zero-order chi connectivity index (χ0) is 21.1. The van der Waals surface area contributed by atoms with Gasteiger partial charge in [0.1, 0.15) is 5.76 Å². The molecule has 1 atom stereocenters. The topological polar surface area (TPSA) is 81.9 Å². The van der Waals surface area contributed by atoms with Crippen LogP contribution in [0, 0.1) is 6.92 Å². The molecule has 2 aliphatic rings. The van der Waals surface area contributed by atoms with E-state index < -0.39 is 0 Å². The van der Waals surface area contributed by atoms with Crippen LogP contribution in [-0.4, -0.2) is 77.5 Å². The van der Waals surface area contributed by atoms with E-state index in [2.05, 4.69) is 43.5 Å². The molecule has 1 N–H and O–H groups in total. The van der Waals surface area contributed by atoms with Crippen molar-refractivity contribution in [1.29, 1.82) is 0 Å². The molecule has 0 aromatic carbocycles. The molecule has 0 saturated carbocycles. The predicted molar refractivity (Wildman–Crippen MR) is 116 cm³/mol. The van der Waals surface area contributed by atoms with E-state index in [0.717, 1.165) is 45.6 Å². The Kier molecular flexibility index (Phi) is 6.50. The predicted octanol–water partition coefficient (Wildman–Crippen LogP) is 2.14. The maximum absolute atomic E-state index is 13.0. The summed E-state index contributed by atoms with van der Waals surface area (Å²) in [6.07, 6.45) is 1.91. The van der Waals surface area contributed by atoms with E-state index in [1.54, 1.807) is 24.3 Å². The van der Waals surface area contributed by atoms with Crippen LogP contribution in [0.5, 0.6) is 0 Å². The number of nitrogens with one attached hydrogen (secondary N) is 1. The molecule has 4 rings (SSSR count). The number of hydrogen-bond donors (Lipinski definition) is 1. The Morgan fingerprint density at radius 2 is 1.93 bits per heavy atom. The minimum atomic E-state index is -0.0986. The van der Waals surface area contributed by atoms with Crippen LogP contribution in [0.15, 0.2) is 22.0 Å². The molecule has 1 unspecified atom stereocenters. The highest BCUT2D eigenvalue weighted by atomic mass is 32.1. The first-order valence-electron chi connectivity index (χ1n) is 10.6. The molecule has 1 fully saturated rings. The fourth-order valence-electron chi connectivity index (χ4n) is 4.33. The molecule has 2 aromatic heterocycles. The Balaban J connectivity index is 1.23. The van der Waals surface area contributed by atoms with Crippen LogP contribution in [0.1, 0.15) is 35.6 Å². The summed E-state index contributed by atoms with van der Waals surface area (Å²) in [5.41, 5.74) is 1.33. The lowest BCUT2D eigenvalue weighted by Crippen LogP contribution is -2.52. The third kappa shape index (κ3) is 4.74. The Morgan fingerprint density at radius 3 is 2.60 bits per heavy atom. The zero-order valence-electron chi connectivity index (χ0n) is 17.6. The summed E-state index contributed by atoms with van der Waals surface area (Å²) in [4.78, 5) is 33.0. The van der Waals surface area contributed by atoms with Crippen molar-refractivity contribution in [2.45, 2.75) is 32.7 Å². The molecule has 2 aliphatic heterocycles. The number of carbonyl (C=O) groups excluding carboxylic acids is 2. The van der Waals surface area contributed by atoms with Gasteiger partial charge in [-0.05, 0) is 36.8 Å². The maximum atomic E-state index is 13.0. The SMILES string of the molecule is CCC1c2ccsc2CCN1C(=O)CN1CCN(CC(=O)Nc2cc(C)on2)CC1. The normalized spacial score (nSPS) is 20.2. The molecule has 0 aliphatic carbocycles. The van der Waals surface area contributed by atoms with Crippen LogP contribution in [0.4, 0.5) is 5.82 Å². The Bertz CT molecular complexity index is 887. The van der Waals surface area contributed by atoms with Crippen LogP contribution in [0.25, 0.3) is 0 Å². The number of aryl methyl sites for hydroxylation is 1. The van der Waals surface area contributed by atoms with E-state index >= 15 is 0 Å². The van der Waals surface area contributed by atoms with Gasteiger partial charge in [0.2, 0.25) is 11.8 Å². The van der Waals surface area contributed by atoms with Gasteiger partial charge in [0.15, 0.2) is 5.82 Å². The van der Waals surface area contributed by atoms with E-state index in [9.17, 15) is 9.59 Å². The van der Waals surface area contributed by atoms with E-state index in [-0.39, 0.29) is 17.9 Å².